The molecule has 0 saturated carbocycles. The average Bonchev–Trinajstić information content (AvgIpc) is 3.04. The van der Waals surface area contributed by atoms with E-state index in [1.165, 1.54) is 12.1 Å². The van der Waals surface area contributed by atoms with Crippen molar-refractivity contribution in [1.82, 2.24) is 10.2 Å². The van der Waals surface area contributed by atoms with Crippen molar-refractivity contribution in [3.05, 3.63) is 82.2 Å². The SMILES string of the molecule is COc1cc2c(cc1CNC1CCCN(Cc3cc4c(cc3OC)CCC(=O)N4C)C1c1ccc(F)cc1)N(C)C(=O)CC2. The normalized spacial score (nSPS) is 20.4. The molecular formula is C35H41FN4O4. The lowest BCUT2D eigenvalue weighted by atomic mass is 9.89. The molecule has 2 atom stereocenters. The van der Waals surface area contributed by atoms with Crippen LogP contribution in [0.15, 0.2) is 48.5 Å². The summed E-state index contributed by atoms with van der Waals surface area (Å²) < 4.78 is 25.7. The van der Waals surface area contributed by atoms with Crippen LogP contribution in [-0.2, 0) is 35.5 Å². The van der Waals surface area contributed by atoms with E-state index in [0.29, 0.717) is 38.8 Å². The second kappa shape index (κ2) is 12.6. The molecule has 8 nitrogen and oxygen atoms in total. The van der Waals surface area contributed by atoms with E-state index in [4.69, 9.17) is 9.47 Å². The van der Waals surface area contributed by atoms with Gasteiger partial charge in [0, 0.05) is 68.6 Å². The van der Waals surface area contributed by atoms with Crippen LogP contribution in [0.25, 0.3) is 0 Å². The number of aryl methyl sites for hydroxylation is 2. The van der Waals surface area contributed by atoms with Crippen molar-refractivity contribution in [2.45, 2.75) is 63.7 Å². The monoisotopic (exact) mass is 600 g/mol. The summed E-state index contributed by atoms with van der Waals surface area (Å²) in [5.74, 6) is 1.60. The zero-order chi connectivity index (χ0) is 31.0. The van der Waals surface area contributed by atoms with Gasteiger partial charge in [-0.3, -0.25) is 14.5 Å². The summed E-state index contributed by atoms with van der Waals surface area (Å²) in [4.78, 5) is 30.8. The number of fused-ring (bicyclic) bond motifs is 2. The smallest absolute Gasteiger partial charge is 0.227 e. The minimum absolute atomic E-state index is 0.0303. The summed E-state index contributed by atoms with van der Waals surface area (Å²) in [5, 5.41) is 3.81. The summed E-state index contributed by atoms with van der Waals surface area (Å²) in [6, 6.07) is 15.2. The number of carbonyl (C=O) groups excluding carboxylic acids is 2. The zero-order valence-corrected chi connectivity index (χ0v) is 26.0. The summed E-state index contributed by atoms with van der Waals surface area (Å²) in [7, 11) is 7.04. The number of methoxy groups -OCH3 is 2. The molecule has 0 spiro atoms. The predicted molar refractivity (Wildman–Crippen MR) is 169 cm³/mol. The number of anilines is 2. The third-order valence-corrected chi connectivity index (χ3v) is 9.53. The maximum absolute atomic E-state index is 14.1. The molecule has 44 heavy (non-hydrogen) atoms. The molecule has 3 aliphatic rings. The number of piperidine rings is 1. The highest BCUT2D eigenvalue weighted by Gasteiger charge is 2.34. The van der Waals surface area contributed by atoms with E-state index in [0.717, 1.165) is 70.1 Å². The first-order valence-corrected chi connectivity index (χ1v) is 15.4. The van der Waals surface area contributed by atoms with Crippen LogP contribution in [0, 0.1) is 5.82 Å². The van der Waals surface area contributed by atoms with Gasteiger partial charge < -0.3 is 24.6 Å². The van der Waals surface area contributed by atoms with Crippen LogP contribution in [-0.4, -0.2) is 57.6 Å². The van der Waals surface area contributed by atoms with Gasteiger partial charge in [0.25, 0.3) is 0 Å². The van der Waals surface area contributed by atoms with Crippen LogP contribution in [0.1, 0.15) is 59.5 Å². The van der Waals surface area contributed by atoms with E-state index in [1.54, 1.807) is 24.0 Å². The zero-order valence-electron chi connectivity index (χ0n) is 26.0. The molecule has 1 N–H and O–H groups in total. The van der Waals surface area contributed by atoms with Crippen molar-refractivity contribution in [2.24, 2.45) is 0 Å². The van der Waals surface area contributed by atoms with Gasteiger partial charge in [-0.25, -0.2) is 4.39 Å². The molecule has 3 heterocycles. The second-order valence-corrected chi connectivity index (χ2v) is 12.1. The number of amides is 2. The number of nitrogens with zero attached hydrogens (tertiary/aromatic N) is 3. The summed E-state index contributed by atoms with van der Waals surface area (Å²) in [6.07, 6.45) is 4.35. The Bertz CT molecular complexity index is 1560. The van der Waals surface area contributed by atoms with E-state index in [2.05, 4.69) is 34.5 Å². The third-order valence-electron chi connectivity index (χ3n) is 9.53. The van der Waals surface area contributed by atoms with Crippen LogP contribution in [0.4, 0.5) is 15.8 Å². The van der Waals surface area contributed by atoms with Gasteiger partial charge in [0.05, 0.1) is 20.3 Å². The molecule has 3 aromatic rings. The lowest BCUT2D eigenvalue weighted by molar-refractivity contribution is -0.119. The Kier molecular flexibility index (Phi) is 8.60. The van der Waals surface area contributed by atoms with Crippen molar-refractivity contribution >= 4 is 23.2 Å². The fourth-order valence-corrected chi connectivity index (χ4v) is 7.08. The quantitative estimate of drug-likeness (QED) is 0.385. The number of hydrogen-bond acceptors (Lipinski definition) is 6. The van der Waals surface area contributed by atoms with Crippen molar-refractivity contribution in [1.29, 1.82) is 0 Å². The van der Waals surface area contributed by atoms with E-state index >= 15 is 0 Å². The van der Waals surface area contributed by atoms with Gasteiger partial charge in [-0.05, 0) is 85.3 Å². The number of carbonyl (C=O) groups is 2. The van der Waals surface area contributed by atoms with Crippen molar-refractivity contribution in [2.75, 3.05) is 44.7 Å². The Labute approximate surface area is 258 Å². The first-order chi connectivity index (χ1) is 21.3. The molecule has 1 saturated heterocycles. The van der Waals surface area contributed by atoms with Crippen molar-refractivity contribution in [3.8, 4) is 11.5 Å². The third kappa shape index (κ3) is 5.78. The molecule has 9 heteroatoms. The Hall–Kier alpha value is -3.95. The van der Waals surface area contributed by atoms with E-state index in [1.807, 2.05) is 26.2 Å². The Morgan fingerprint density at radius 2 is 1.39 bits per heavy atom. The maximum atomic E-state index is 14.1. The van der Waals surface area contributed by atoms with Gasteiger partial charge in [-0.1, -0.05) is 12.1 Å². The molecule has 1 fully saturated rings. The molecule has 2 amide bonds. The van der Waals surface area contributed by atoms with Gasteiger partial charge in [0.15, 0.2) is 0 Å². The molecule has 0 radical (unpaired) electrons. The largest absolute Gasteiger partial charge is 0.496 e. The summed E-state index contributed by atoms with van der Waals surface area (Å²) >= 11 is 0. The Balaban J connectivity index is 1.30. The molecule has 0 aromatic heterocycles. The van der Waals surface area contributed by atoms with Gasteiger partial charge in [0.1, 0.15) is 17.3 Å². The highest BCUT2D eigenvalue weighted by molar-refractivity contribution is 5.96. The first kappa shape index (κ1) is 30.1. The van der Waals surface area contributed by atoms with Crippen molar-refractivity contribution < 1.29 is 23.5 Å². The van der Waals surface area contributed by atoms with Crippen LogP contribution in [0.3, 0.4) is 0 Å². The minimum Gasteiger partial charge on any atom is -0.496 e. The number of hydrogen-bond donors (Lipinski definition) is 1. The Morgan fingerprint density at radius 3 is 1.98 bits per heavy atom. The van der Waals surface area contributed by atoms with Crippen LogP contribution >= 0.6 is 0 Å². The molecule has 3 aromatic carbocycles. The van der Waals surface area contributed by atoms with Crippen LogP contribution in [0.5, 0.6) is 11.5 Å². The van der Waals surface area contributed by atoms with Crippen LogP contribution in [0.2, 0.25) is 0 Å². The van der Waals surface area contributed by atoms with Gasteiger partial charge >= 0.3 is 0 Å². The maximum Gasteiger partial charge on any atom is 0.227 e. The van der Waals surface area contributed by atoms with E-state index in [9.17, 15) is 14.0 Å². The highest BCUT2D eigenvalue weighted by atomic mass is 19.1. The predicted octanol–water partition coefficient (Wildman–Crippen LogP) is 5.16. The number of ether oxygens (including phenoxy) is 2. The molecule has 0 aliphatic carbocycles. The topological polar surface area (TPSA) is 74.4 Å². The fourth-order valence-electron chi connectivity index (χ4n) is 7.08. The molecule has 6 rings (SSSR count). The number of nitrogens with one attached hydrogen (secondary N) is 1. The average molecular weight is 601 g/mol. The fraction of sp³-hybridized carbons (Fsp3) is 0.429. The number of likely N-dealkylation sites (tertiary alicyclic amines) is 1. The van der Waals surface area contributed by atoms with Gasteiger partial charge in [-0.2, -0.15) is 0 Å². The second-order valence-electron chi connectivity index (χ2n) is 12.1. The summed E-state index contributed by atoms with van der Waals surface area (Å²) in [6.45, 7) is 2.04. The number of rotatable bonds is 8. The molecule has 3 aliphatic heterocycles. The van der Waals surface area contributed by atoms with Gasteiger partial charge in [-0.15, -0.1) is 0 Å². The highest BCUT2D eigenvalue weighted by Crippen LogP contribution is 2.39. The first-order valence-electron chi connectivity index (χ1n) is 15.4. The van der Waals surface area contributed by atoms with Crippen molar-refractivity contribution in [3.63, 3.8) is 0 Å². The lowest BCUT2D eigenvalue weighted by Crippen LogP contribution is -2.47. The standard InChI is InChI=1S/C35H41FN4O4/c1-38-29-16-25(31(43-3)18-23(29)9-13-33(38)41)20-37-28-6-5-15-40(35(28)22-7-11-27(36)12-8-22)21-26-17-30-24(19-32(26)44-4)10-14-34(42)39(30)2/h7-8,11-12,16-19,28,35,37H,5-6,9-10,13-15,20-21H2,1-4H3. The van der Waals surface area contributed by atoms with Crippen LogP contribution < -0.4 is 24.6 Å². The molecule has 232 valence electrons. The molecular weight excluding hydrogens is 559 g/mol. The lowest BCUT2D eigenvalue weighted by Gasteiger charge is -2.42. The Morgan fingerprint density at radius 1 is 0.818 bits per heavy atom. The van der Waals surface area contributed by atoms with E-state index in [-0.39, 0.29) is 29.7 Å². The molecule has 0 bridgehead atoms. The number of benzene rings is 3. The van der Waals surface area contributed by atoms with E-state index < -0.39 is 0 Å². The molecule has 2 unspecified atom stereocenters. The van der Waals surface area contributed by atoms with Gasteiger partial charge in [0.2, 0.25) is 11.8 Å². The number of halogens is 1. The summed E-state index contributed by atoms with van der Waals surface area (Å²) in [5.41, 5.74) is 7.15. The minimum atomic E-state index is -0.262.